The van der Waals surface area contributed by atoms with E-state index in [1.165, 1.54) is 24.3 Å². The minimum Gasteiger partial charge on any atom is -0.323 e. The fourth-order valence-corrected chi connectivity index (χ4v) is 2.32. The molecule has 2 aromatic rings. The van der Waals surface area contributed by atoms with Gasteiger partial charge in [-0.1, -0.05) is 57.2 Å². The second kappa shape index (κ2) is 7.78. The summed E-state index contributed by atoms with van der Waals surface area (Å²) in [5.41, 5.74) is 1.87. The van der Waals surface area contributed by atoms with Crippen molar-refractivity contribution in [2.75, 3.05) is 5.32 Å². The van der Waals surface area contributed by atoms with Gasteiger partial charge in [0.1, 0.15) is 0 Å². The van der Waals surface area contributed by atoms with E-state index in [1.807, 2.05) is 24.3 Å². The molecule has 0 aliphatic carbocycles. The Bertz CT molecular complexity index is 843. The molecule has 0 radical (unpaired) electrons. The Morgan fingerprint density at radius 2 is 1.44 bits per heavy atom. The van der Waals surface area contributed by atoms with Crippen LogP contribution in [0.4, 0.5) is 18.9 Å². The van der Waals surface area contributed by atoms with Gasteiger partial charge < -0.3 is 5.32 Å². The number of hydrogen-bond donors (Lipinski definition) is 1. The Morgan fingerprint density at radius 3 is 1.93 bits per heavy atom. The smallest absolute Gasteiger partial charge is 0.323 e. The first-order valence-electron chi connectivity index (χ1n) is 8.28. The van der Waals surface area contributed by atoms with Crippen molar-refractivity contribution in [1.82, 2.24) is 0 Å². The predicted molar refractivity (Wildman–Crippen MR) is 99.6 cm³/mol. The molecule has 0 fully saturated rings. The Labute approximate surface area is 155 Å². The van der Waals surface area contributed by atoms with Crippen LogP contribution in [0.5, 0.6) is 0 Å². The van der Waals surface area contributed by atoms with E-state index < -0.39 is 17.5 Å². The molecule has 0 aromatic heterocycles. The highest BCUT2D eigenvalue weighted by molar-refractivity contribution is 6.02. The van der Waals surface area contributed by atoms with Crippen molar-refractivity contribution in [3.63, 3.8) is 0 Å². The molecule has 2 aromatic carbocycles. The molecular weight excluding hydrogens is 355 g/mol. The number of halogens is 3. The maximum Gasteiger partial charge on any atom is 0.454 e. The second-order valence-electron chi connectivity index (χ2n) is 7.10. The average molecular weight is 375 g/mol. The van der Waals surface area contributed by atoms with Crippen molar-refractivity contribution in [3.05, 3.63) is 71.3 Å². The molecule has 3 nitrogen and oxygen atoms in total. The van der Waals surface area contributed by atoms with Gasteiger partial charge in [-0.2, -0.15) is 13.2 Å². The number of carbonyl (C=O) groups is 2. The van der Waals surface area contributed by atoms with E-state index in [2.05, 4.69) is 26.1 Å². The summed E-state index contributed by atoms with van der Waals surface area (Å²) in [5, 5.41) is 2.71. The summed E-state index contributed by atoms with van der Waals surface area (Å²) in [6, 6.07) is 12.4. The maximum absolute atomic E-state index is 12.4. The molecule has 0 unspecified atom stereocenters. The van der Waals surface area contributed by atoms with Crippen LogP contribution in [0.3, 0.4) is 0 Å². The summed E-state index contributed by atoms with van der Waals surface area (Å²) >= 11 is 0. The van der Waals surface area contributed by atoms with E-state index in [4.69, 9.17) is 0 Å². The zero-order valence-electron chi connectivity index (χ0n) is 15.2. The largest absolute Gasteiger partial charge is 0.454 e. The fraction of sp³-hybridized carbons (Fsp3) is 0.238. The summed E-state index contributed by atoms with van der Waals surface area (Å²) in [4.78, 5) is 23.1. The van der Waals surface area contributed by atoms with Gasteiger partial charge in [0, 0.05) is 17.3 Å². The summed E-state index contributed by atoms with van der Waals surface area (Å²) < 4.78 is 37.1. The molecule has 0 heterocycles. The quantitative estimate of drug-likeness (QED) is 0.576. The lowest BCUT2D eigenvalue weighted by Crippen LogP contribution is -2.22. The van der Waals surface area contributed by atoms with E-state index in [0.29, 0.717) is 11.3 Å². The van der Waals surface area contributed by atoms with Crippen LogP contribution in [0.1, 0.15) is 42.3 Å². The zero-order chi connectivity index (χ0) is 20.2. The number of anilines is 1. The normalized spacial score (nSPS) is 12.2. The maximum atomic E-state index is 12.4. The van der Waals surface area contributed by atoms with Crippen LogP contribution in [0.2, 0.25) is 0 Å². The topological polar surface area (TPSA) is 46.2 Å². The Morgan fingerprint density at radius 1 is 0.889 bits per heavy atom. The van der Waals surface area contributed by atoms with Crippen molar-refractivity contribution >= 4 is 23.5 Å². The first kappa shape index (κ1) is 20.4. The van der Waals surface area contributed by atoms with Crippen molar-refractivity contribution in [3.8, 4) is 0 Å². The molecule has 0 spiro atoms. The molecule has 1 N–H and O–H groups in total. The SMILES string of the molecule is CC(C)(C)c1ccc(NC(=O)/C=C/c2ccc(C(=O)C(F)(F)F)cc2)cc1. The molecule has 0 saturated heterocycles. The van der Waals surface area contributed by atoms with Gasteiger partial charge in [0.15, 0.2) is 0 Å². The highest BCUT2D eigenvalue weighted by atomic mass is 19.4. The molecule has 142 valence electrons. The third-order valence-corrected chi connectivity index (χ3v) is 3.88. The van der Waals surface area contributed by atoms with Gasteiger partial charge >= 0.3 is 6.18 Å². The van der Waals surface area contributed by atoms with Crippen LogP contribution >= 0.6 is 0 Å². The van der Waals surface area contributed by atoms with Crippen molar-refractivity contribution in [2.24, 2.45) is 0 Å². The minimum absolute atomic E-state index is 0.0160. The molecule has 0 bridgehead atoms. The molecule has 0 aliphatic rings. The van der Waals surface area contributed by atoms with Gasteiger partial charge in [-0.15, -0.1) is 0 Å². The third-order valence-electron chi connectivity index (χ3n) is 3.88. The van der Waals surface area contributed by atoms with E-state index in [1.54, 1.807) is 0 Å². The summed E-state index contributed by atoms with van der Waals surface area (Å²) in [6.07, 6.45) is -2.17. The van der Waals surface area contributed by atoms with Gasteiger partial charge in [0.2, 0.25) is 5.91 Å². The van der Waals surface area contributed by atoms with Crippen molar-refractivity contribution < 1.29 is 22.8 Å². The first-order valence-corrected chi connectivity index (χ1v) is 8.28. The van der Waals surface area contributed by atoms with Gasteiger partial charge in [0.05, 0.1) is 0 Å². The number of alkyl halides is 3. The van der Waals surface area contributed by atoms with Crippen LogP contribution < -0.4 is 5.32 Å². The van der Waals surface area contributed by atoms with Crippen molar-refractivity contribution in [1.29, 1.82) is 0 Å². The highest BCUT2D eigenvalue weighted by Gasteiger charge is 2.39. The lowest BCUT2D eigenvalue weighted by Gasteiger charge is -2.19. The van der Waals surface area contributed by atoms with Crippen molar-refractivity contribution in [2.45, 2.75) is 32.4 Å². The summed E-state index contributed by atoms with van der Waals surface area (Å²) in [7, 11) is 0. The molecule has 6 heteroatoms. The lowest BCUT2D eigenvalue weighted by atomic mass is 9.87. The summed E-state index contributed by atoms with van der Waals surface area (Å²) in [5.74, 6) is -2.26. The van der Waals surface area contributed by atoms with E-state index >= 15 is 0 Å². The van der Waals surface area contributed by atoms with E-state index in [-0.39, 0.29) is 11.3 Å². The molecule has 1 amide bonds. The Kier molecular flexibility index (Phi) is 5.88. The first-order chi connectivity index (χ1) is 12.5. The van der Waals surface area contributed by atoms with Crippen LogP contribution in [-0.2, 0) is 10.2 Å². The molecular formula is C21H20F3NO2. The minimum atomic E-state index is -4.90. The van der Waals surface area contributed by atoms with Crippen LogP contribution in [-0.4, -0.2) is 17.9 Å². The molecule has 0 aliphatic heterocycles. The van der Waals surface area contributed by atoms with E-state index in [0.717, 1.165) is 17.7 Å². The van der Waals surface area contributed by atoms with Crippen LogP contribution in [0, 0.1) is 0 Å². The van der Waals surface area contributed by atoms with Gasteiger partial charge in [-0.25, -0.2) is 0 Å². The van der Waals surface area contributed by atoms with Gasteiger partial charge in [-0.3, -0.25) is 9.59 Å². The highest BCUT2D eigenvalue weighted by Crippen LogP contribution is 2.24. The lowest BCUT2D eigenvalue weighted by molar-refractivity contribution is -0.111. The molecule has 0 saturated carbocycles. The average Bonchev–Trinajstić information content (AvgIpc) is 2.58. The number of amides is 1. The van der Waals surface area contributed by atoms with Gasteiger partial charge in [-0.05, 0) is 34.8 Å². The number of hydrogen-bond acceptors (Lipinski definition) is 2. The predicted octanol–water partition coefficient (Wildman–Crippen LogP) is 5.38. The Balaban J connectivity index is 1.99. The third kappa shape index (κ3) is 5.81. The fourth-order valence-electron chi connectivity index (χ4n) is 2.32. The summed E-state index contributed by atoms with van der Waals surface area (Å²) in [6.45, 7) is 6.28. The number of nitrogens with one attached hydrogen (secondary N) is 1. The number of benzene rings is 2. The van der Waals surface area contributed by atoms with E-state index in [9.17, 15) is 22.8 Å². The number of rotatable bonds is 4. The Hall–Kier alpha value is -2.89. The number of Topliss-reactive ketones (excluding diaryl/α,β-unsaturated/α-hetero) is 1. The number of ketones is 1. The monoisotopic (exact) mass is 375 g/mol. The standard InChI is InChI=1S/C21H20F3NO2/c1-20(2,3)16-9-11-17(12-10-16)25-18(26)13-6-14-4-7-15(8-5-14)19(27)21(22,23)24/h4-13H,1-3H3,(H,25,26)/b13-6+. The molecule has 0 atom stereocenters. The van der Waals surface area contributed by atoms with Crippen LogP contribution in [0.25, 0.3) is 6.08 Å². The zero-order valence-corrected chi connectivity index (χ0v) is 15.2. The van der Waals surface area contributed by atoms with Crippen LogP contribution in [0.15, 0.2) is 54.6 Å². The second-order valence-corrected chi connectivity index (χ2v) is 7.10. The molecule has 27 heavy (non-hydrogen) atoms. The number of carbonyl (C=O) groups excluding carboxylic acids is 2. The van der Waals surface area contributed by atoms with Gasteiger partial charge in [0.25, 0.3) is 5.78 Å². The molecule has 2 rings (SSSR count).